The molecule has 0 heterocycles. The summed E-state index contributed by atoms with van der Waals surface area (Å²) < 4.78 is 0.753. The topological polar surface area (TPSA) is 44.1 Å². The van der Waals surface area contributed by atoms with Gasteiger partial charge in [0.25, 0.3) is 0 Å². The van der Waals surface area contributed by atoms with Crippen LogP contribution in [0.4, 0.5) is 11.4 Å². The maximum atomic E-state index is 10.9. The minimum atomic E-state index is 0.432. The third kappa shape index (κ3) is 3.25. The number of nitriles is 1. The van der Waals surface area contributed by atoms with Crippen molar-refractivity contribution in [2.75, 3.05) is 11.4 Å². The molecule has 0 aliphatic carbocycles. The Bertz CT molecular complexity index is 635. The molecule has 0 bridgehead atoms. The van der Waals surface area contributed by atoms with Crippen LogP contribution in [0.3, 0.4) is 0 Å². The molecule has 0 unspecified atom stereocenters. The summed E-state index contributed by atoms with van der Waals surface area (Å²) in [5.74, 6) is 0. The van der Waals surface area contributed by atoms with E-state index in [1.54, 1.807) is 6.07 Å². The molecule has 0 N–H and O–H groups in total. The first kappa shape index (κ1) is 14.3. The van der Waals surface area contributed by atoms with Crippen LogP contribution in [0, 0.1) is 11.3 Å². The third-order valence-corrected chi connectivity index (χ3v) is 3.62. The van der Waals surface area contributed by atoms with E-state index in [4.69, 9.17) is 5.26 Å². The van der Waals surface area contributed by atoms with Gasteiger partial charge in [0.05, 0.1) is 12.5 Å². The summed E-state index contributed by atoms with van der Waals surface area (Å²) in [6, 6.07) is 17.6. The van der Waals surface area contributed by atoms with Crippen molar-refractivity contribution < 1.29 is 4.79 Å². The van der Waals surface area contributed by atoms with Crippen LogP contribution in [0.5, 0.6) is 0 Å². The number of para-hydroxylation sites is 1. The monoisotopic (exact) mass is 328 g/mol. The van der Waals surface area contributed by atoms with Gasteiger partial charge < -0.3 is 4.90 Å². The molecule has 3 nitrogen and oxygen atoms in total. The summed E-state index contributed by atoms with van der Waals surface area (Å²) >= 11 is 3.39. The van der Waals surface area contributed by atoms with E-state index >= 15 is 0 Å². The molecule has 0 saturated heterocycles. The van der Waals surface area contributed by atoms with E-state index in [0.717, 1.165) is 22.1 Å². The molecule has 100 valence electrons. The molecule has 2 aromatic rings. The molecule has 0 fully saturated rings. The van der Waals surface area contributed by atoms with Crippen LogP contribution in [-0.2, 0) is 0 Å². The van der Waals surface area contributed by atoms with Crippen molar-refractivity contribution in [3.05, 3.63) is 58.6 Å². The Labute approximate surface area is 126 Å². The fourth-order valence-corrected chi connectivity index (χ4v) is 2.42. The maximum absolute atomic E-state index is 10.9. The van der Waals surface area contributed by atoms with E-state index in [1.807, 2.05) is 42.5 Å². The Kier molecular flexibility index (Phi) is 4.91. The van der Waals surface area contributed by atoms with Gasteiger partial charge in [-0.1, -0.05) is 18.2 Å². The maximum Gasteiger partial charge on any atom is 0.151 e. The van der Waals surface area contributed by atoms with Crippen LogP contribution in [-0.4, -0.2) is 12.8 Å². The van der Waals surface area contributed by atoms with Crippen LogP contribution >= 0.6 is 15.9 Å². The van der Waals surface area contributed by atoms with Gasteiger partial charge in [-0.15, -0.1) is 0 Å². The van der Waals surface area contributed by atoms with Crippen molar-refractivity contribution in [3.8, 4) is 6.07 Å². The zero-order valence-corrected chi connectivity index (χ0v) is 12.4. The second kappa shape index (κ2) is 6.88. The lowest BCUT2D eigenvalue weighted by atomic mass is 10.2. The number of hydrogen-bond acceptors (Lipinski definition) is 3. The van der Waals surface area contributed by atoms with Crippen molar-refractivity contribution >= 4 is 33.6 Å². The standard InChI is InChI=1S/C16H13BrN2O/c17-16-11-15(8-7-13(16)12-20)19(10-4-9-18)14-5-2-1-3-6-14/h1-3,5-8,11-12H,4,10H2. The number of anilines is 2. The van der Waals surface area contributed by atoms with Gasteiger partial charge in [-0.25, -0.2) is 0 Å². The van der Waals surface area contributed by atoms with Crippen LogP contribution in [0.2, 0.25) is 0 Å². The van der Waals surface area contributed by atoms with E-state index in [-0.39, 0.29) is 0 Å². The third-order valence-electron chi connectivity index (χ3n) is 2.94. The molecule has 20 heavy (non-hydrogen) atoms. The van der Waals surface area contributed by atoms with E-state index in [2.05, 4.69) is 26.9 Å². The predicted octanol–water partition coefficient (Wildman–Crippen LogP) is 4.31. The molecule has 2 aromatic carbocycles. The molecule has 0 saturated carbocycles. The molecule has 2 rings (SSSR count). The number of aldehydes is 1. The number of hydrogen-bond donors (Lipinski definition) is 0. The molecule has 0 spiro atoms. The SMILES string of the molecule is N#CCCN(c1ccccc1)c1ccc(C=O)c(Br)c1. The van der Waals surface area contributed by atoms with Gasteiger partial charge in [-0.3, -0.25) is 4.79 Å². The molecular weight excluding hydrogens is 316 g/mol. The van der Waals surface area contributed by atoms with Crippen LogP contribution < -0.4 is 4.90 Å². The highest BCUT2D eigenvalue weighted by atomic mass is 79.9. The highest BCUT2D eigenvalue weighted by molar-refractivity contribution is 9.10. The minimum absolute atomic E-state index is 0.432. The molecule has 0 aliphatic rings. The Balaban J connectivity index is 2.39. The Morgan fingerprint density at radius 3 is 2.50 bits per heavy atom. The number of nitrogens with zero attached hydrogens (tertiary/aromatic N) is 2. The van der Waals surface area contributed by atoms with Crippen molar-refractivity contribution in [3.63, 3.8) is 0 Å². The second-order valence-corrected chi connectivity index (χ2v) is 5.07. The quantitative estimate of drug-likeness (QED) is 0.768. The molecule has 0 aromatic heterocycles. The fourth-order valence-electron chi connectivity index (χ4n) is 1.96. The summed E-state index contributed by atoms with van der Waals surface area (Å²) in [7, 11) is 0. The van der Waals surface area contributed by atoms with E-state index in [0.29, 0.717) is 18.5 Å². The van der Waals surface area contributed by atoms with Crippen LogP contribution in [0.15, 0.2) is 53.0 Å². The summed E-state index contributed by atoms with van der Waals surface area (Å²) in [4.78, 5) is 12.9. The molecule has 0 radical (unpaired) electrons. The first-order chi connectivity index (χ1) is 9.76. The summed E-state index contributed by atoms with van der Waals surface area (Å²) in [5, 5.41) is 8.81. The lowest BCUT2D eigenvalue weighted by Crippen LogP contribution is -2.18. The molecule has 0 atom stereocenters. The number of benzene rings is 2. The molecule has 0 amide bonds. The van der Waals surface area contributed by atoms with Crippen molar-refractivity contribution in [1.82, 2.24) is 0 Å². The second-order valence-electron chi connectivity index (χ2n) is 4.22. The average Bonchev–Trinajstić information content (AvgIpc) is 2.49. The number of halogens is 1. The van der Waals surface area contributed by atoms with Gasteiger partial charge >= 0.3 is 0 Å². The van der Waals surface area contributed by atoms with Gasteiger partial charge in [0.1, 0.15) is 0 Å². The fraction of sp³-hybridized carbons (Fsp3) is 0.125. The Hall–Kier alpha value is -2.12. The van der Waals surface area contributed by atoms with Gasteiger partial charge in [-0.2, -0.15) is 5.26 Å². The van der Waals surface area contributed by atoms with Gasteiger partial charge in [-0.05, 0) is 46.3 Å². The normalized spacial score (nSPS) is 9.80. The molecule has 4 heteroatoms. The zero-order valence-electron chi connectivity index (χ0n) is 10.8. The smallest absolute Gasteiger partial charge is 0.151 e. The summed E-state index contributed by atoms with van der Waals surface area (Å²) in [6.07, 6.45) is 1.25. The summed E-state index contributed by atoms with van der Waals surface area (Å²) in [6.45, 7) is 0.605. The zero-order chi connectivity index (χ0) is 14.4. The Morgan fingerprint density at radius 2 is 1.90 bits per heavy atom. The largest absolute Gasteiger partial charge is 0.340 e. The van der Waals surface area contributed by atoms with Gasteiger partial charge in [0.2, 0.25) is 0 Å². The first-order valence-corrected chi connectivity index (χ1v) is 7.00. The predicted molar refractivity (Wildman–Crippen MR) is 83.2 cm³/mol. The molecular formula is C16H13BrN2O. The van der Waals surface area contributed by atoms with Crippen LogP contribution in [0.25, 0.3) is 0 Å². The first-order valence-electron chi connectivity index (χ1n) is 6.20. The van der Waals surface area contributed by atoms with Crippen molar-refractivity contribution in [2.24, 2.45) is 0 Å². The number of carbonyl (C=O) groups excluding carboxylic acids is 1. The van der Waals surface area contributed by atoms with E-state index in [9.17, 15) is 4.79 Å². The van der Waals surface area contributed by atoms with Crippen LogP contribution in [0.1, 0.15) is 16.8 Å². The lowest BCUT2D eigenvalue weighted by molar-refractivity contribution is 0.112. The minimum Gasteiger partial charge on any atom is -0.340 e. The van der Waals surface area contributed by atoms with Crippen molar-refractivity contribution in [2.45, 2.75) is 6.42 Å². The highest BCUT2D eigenvalue weighted by Gasteiger charge is 2.10. The van der Waals surface area contributed by atoms with E-state index < -0.39 is 0 Å². The van der Waals surface area contributed by atoms with E-state index in [1.165, 1.54) is 0 Å². The Morgan fingerprint density at radius 1 is 1.15 bits per heavy atom. The van der Waals surface area contributed by atoms with Crippen molar-refractivity contribution in [1.29, 1.82) is 5.26 Å². The number of rotatable bonds is 5. The van der Waals surface area contributed by atoms with Gasteiger partial charge in [0.15, 0.2) is 6.29 Å². The average molecular weight is 329 g/mol. The highest BCUT2D eigenvalue weighted by Crippen LogP contribution is 2.29. The lowest BCUT2D eigenvalue weighted by Gasteiger charge is -2.24. The number of carbonyl (C=O) groups is 1. The summed E-state index contributed by atoms with van der Waals surface area (Å²) in [5.41, 5.74) is 2.58. The molecule has 0 aliphatic heterocycles. The van der Waals surface area contributed by atoms with Gasteiger partial charge in [0, 0.05) is 28.0 Å².